The molecular formula is C13H13F2O7S-. The molecule has 0 aromatic heterocycles. The highest BCUT2D eigenvalue weighted by molar-refractivity contribution is 7.87. The summed E-state index contributed by atoms with van der Waals surface area (Å²) < 4.78 is 70.7. The standard InChI is InChI=1S/C13H14F2O7S/c14-13(15,23(17,18)19)12(16)21-7-1-6-20-10-4-2-9(3-5-10)11-8-22-11/h2-5,11H,1,6-8H2,(H,17,18,19)/p-1. The molecule has 23 heavy (non-hydrogen) atoms. The van der Waals surface area contributed by atoms with Crippen molar-refractivity contribution in [3.05, 3.63) is 29.8 Å². The molecule has 1 unspecified atom stereocenters. The van der Waals surface area contributed by atoms with Gasteiger partial charge in [0.1, 0.15) is 11.9 Å². The lowest BCUT2D eigenvalue weighted by Crippen LogP contribution is -2.39. The third kappa shape index (κ3) is 4.60. The van der Waals surface area contributed by atoms with E-state index >= 15 is 0 Å². The van der Waals surface area contributed by atoms with Gasteiger partial charge in [-0.2, -0.15) is 8.78 Å². The van der Waals surface area contributed by atoms with Crippen molar-refractivity contribution in [2.24, 2.45) is 0 Å². The molecule has 0 saturated carbocycles. The summed E-state index contributed by atoms with van der Waals surface area (Å²) in [7, 11) is -6.09. The zero-order chi connectivity index (χ0) is 17.1. The highest BCUT2D eigenvalue weighted by atomic mass is 32.2. The third-order valence-electron chi connectivity index (χ3n) is 2.93. The molecule has 0 radical (unpaired) electrons. The zero-order valence-electron chi connectivity index (χ0n) is 11.7. The van der Waals surface area contributed by atoms with Crippen molar-refractivity contribution >= 4 is 16.1 Å². The molecule has 0 spiro atoms. The lowest BCUT2D eigenvalue weighted by Gasteiger charge is -2.18. The van der Waals surface area contributed by atoms with Gasteiger partial charge < -0.3 is 18.8 Å². The fourth-order valence-corrected chi connectivity index (χ4v) is 1.88. The number of alkyl halides is 2. The van der Waals surface area contributed by atoms with Gasteiger partial charge in [-0.25, -0.2) is 13.2 Å². The van der Waals surface area contributed by atoms with Gasteiger partial charge in [0, 0.05) is 6.42 Å². The molecule has 1 heterocycles. The SMILES string of the molecule is O=C(OCCCOc1ccc(C2CO2)cc1)C(F)(F)S(=O)(=O)[O-]. The largest absolute Gasteiger partial charge is 0.743 e. The summed E-state index contributed by atoms with van der Waals surface area (Å²) >= 11 is 0. The first-order valence-electron chi connectivity index (χ1n) is 6.56. The second-order valence-electron chi connectivity index (χ2n) is 4.70. The van der Waals surface area contributed by atoms with Gasteiger partial charge in [-0.3, -0.25) is 0 Å². The normalized spacial score (nSPS) is 17.6. The summed E-state index contributed by atoms with van der Waals surface area (Å²) in [4.78, 5) is 10.8. The Hall–Kier alpha value is -1.78. The Labute approximate surface area is 130 Å². The van der Waals surface area contributed by atoms with Gasteiger partial charge in [0.15, 0.2) is 10.1 Å². The predicted octanol–water partition coefficient (Wildman–Crippen LogP) is 1.21. The van der Waals surface area contributed by atoms with Crippen molar-refractivity contribution in [2.45, 2.75) is 17.8 Å². The molecule has 0 amide bonds. The Morgan fingerprint density at radius 3 is 2.43 bits per heavy atom. The van der Waals surface area contributed by atoms with Gasteiger partial charge in [-0.1, -0.05) is 12.1 Å². The number of hydrogen-bond acceptors (Lipinski definition) is 7. The molecule has 1 saturated heterocycles. The molecule has 1 aromatic rings. The number of benzene rings is 1. The molecule has 1 atom stereocenters. The molecule has 7 nitrogen and oxygen atoms in total. The lowest BCUT2D eigenvalue weighted by molar-refractivity contribution is -0.161. The van der Waals surface area contributed by atoms with Crippen LogP contribution in [0.2, 0.25) is 0 Å². The zero-order valence-corrected chi connectivity index (χ0v) is 12.6. The van der Waals surface area contributed by atoms with E-state index in [-0.39, 0.29) is 19.1 Å². The van der Waals surface area contributed by atoms with E-state index < -0.39 is 27.9 Å². The molecule has 0 aliphatic carbocycles. The van der Waals surface area contributed by atoms with Gasteiger partial charge >= 0.3 is 11.2 Å². The smallest absolute Gasteiger partial charge is 0.428 e. The number of hydrogen-bond donors (Lipinski definition) is 0. The van der Waals surface area contributed by atoms with Crippen molar-refractivity contribution < 1.29 is 40.8 Å². The number of carbonyl (C=O) groups excluding carboxylic acids is 1. The van der Waals surface area contributed by atoms with Crippen LogP contribution in [0.25, 0.3) is 0 Å². The average molecular weight is 351 g/mol. The minimum Gasteiger partial charge on any atom is -0.743 e. The Kier molecular flexibility index (Phi) is 5.17. The maximum atomic E-state index is 12.8. The topological polar surface area (TPSA) is 105 Å². The monoisotopic (exact) mass is 351 g/mol. The van der Waals surface area contributed by atoms with Crippen LogP contribution >= 0.6 is 0 Å². The van der Waals surface area contributed by atoms with Crippen LogP contribution in [0.15, 0.2) is 24.3 Å². The lowest BCUT2D eigenvalue weighted by atomic mass is 10.2. The van der Waals surface area contributed by atoms with E-state index in [9.17, 15) is 26.5 Å². The van der Waals surface area contributed by atoms with E-state index in [2.05, 4.69) is 4.74 Å². The first-order valence-corrected chi connectivity index (χ1v) is 7.97. The number of carbonyl (C=O) groups is 1. The van der Waals surface area contributed by atoms with Crippen LogP contribution in [0.3, 0.4) is 0 Å². The Balaban J connectivity index is 1.68. The van der Waals surface area contributed by atoms with Crippen molar-refractivity contribution in [1.82, 2.24) is 0 Å². The first kappa shape index (κ1) is 17.6. The Bertz CT molecular complexity index is 653. The van der Waals surface area contributed by atoms with E-state index in [0.29, 0.717) is 12.4 Å². The van der Waals surface area contributed by atoms with E-state index in [1.165, 1.54) is 0 Å². The van der Waals surface area contributed by atoms with Crippen molar-refractivity contribution in [3.8, 4) is 5.75 Å². The third-order valence-corrected chi connectivity index (χ3v) is 3.72. The summed E-state index contributed by atoms with van der Waals surface area (Å²) in [6.07, 6.45) is 0.177. The van der Waals surface area contributed by atoms with E-state index in [1.807, 2.05) is 12.1 Å². The van der Waals surface area contributed by atoms with E-state index in [4.69, 9.17) is 9.47 Å². The number of epoxide rings is 1. The number of ether oxygens (including phenoxy) is 3. The molecule has 128 valence electrons. The van der Waals surface area contributed by atoms with Gasteiger partial charge in [0.05, 0.1) is 19.8 Å². The molecule has 1 fully saturated rings. The molecule has 10 heteroatoms. The summed E-state index contributed by atoms with van der Waals surface area (Å²) in [5.41, 5.74) is 1.02. The van der Waals surface area contributed by atoms with Crippen LogP contribution in [-0.2, 0) is 24.4 Å². The number of esters is 1. The molecule has 0 bridgehead atoms. The van der Waals surface area contributed by atoms with Crippen molar-refractivity contribution in [1.29, 1.82) is 0 Å². The summed E-state index contributed by atoms with van der Waals surface area (Å²) in [6.45, 7) is 0.246. The van der Waals surface area contributed by atoms with E-state index in [0.717, 1.165) is 5.56 Å². The summed E-state index contributed by atoms with van der Waals surface area (Å²) in [6, 6.07) is 7.07. The van der Waals surface area contributed by atoms with Gasteiger partial charge in [-0.05, 0) is 17.7 Å². The molecular weight excluding hydrogens is 338 g/mol. The summed E-state index contributed by atoms with van der Waals surface area (Å²) in [5, 5.41) is -5.09. The minimum absolute atomic E-state index is 0.0498. The predicted molar refractivity (Wildman–Crippen MR) is 70.9 cm³/mol. The quantitative estimate of drug-likeness (QED) is 0.300. The fourth-order valence-electron chi connectivity index (χ4n) is 1.62. The van der Waals surface area contributed by atoms with Crippen LogP contribution < -0.4 is 4.74 Å². The molecule has 1 aromatic carbocycles. The average Bonchev–Trinajstić information content (AvgIpc) is 3.30. The number of rotatable bonds is 8. The van der Waals surface area contributed by atoms with Crippen LogP contribution in [0.1, 0.15) is 18.1 Å². The van der Waals surface area contributed by atoms with Crippen LogP contribution in [0, 0.1) is 0 Å². The van der Waals surface area contributed by atoms with Gasteiger partial charge in [-0.15, -0.1) is 0 Å². The Morgan fingerprint density at radius 2 is 1.91 bits per heavy atom. The highest BCUT2D eigenvalue weighted by Gasteiger charge is 2.48. The highest BCUT2D eigenvalue weighted by Crippen LogP contribution is 2.30. The second kappa shape index (κ2) is 6.77. The van der Waals surface area contributed by atoms with Crippen LogP contribution in [-0.4, -0.2) is 44.0 Å². The molecule has 1 aliphatic heterocycles. The van der Waals surface area contributed by atoms with E-state index in [1.54, 1.807) is 12.1 Å². The molecule has 1 aliphatic rings. The maximum absolute atomic E-state index is 12.8. The summed E-state index contributed by atoms with van der Waals surface area (Å²) in [5.74, 6) is -1.85. The molecule has 2 rings (SSSR count). The van der Waals surface area contributed by atoms with Crippen molar-refractivity contribution in [2.75, 3.05) is 19.8 Å². The van der Waals surface area contributed by atoms with Gasteiger partial charge in [0.2, 0.25) is 0 Å². The van der Waals surface area contributed by atoms with Gasteiger partial charge in [0.25, 0.3) is 0 Å². The Morgan fingerprint density at radius 1 is 1.30 bits per heavy atom. The first-order chi connectivity index (χ1) is 10.7. The minimum atomic E-state index is -6.09. The van der Waals surface area contributed by atoms with Crippen LogP contribution in [0.5, 0.6) is 5.75 Å². The number of halogens is 2. The maximum Gasteiger partial charge on any atom is 0.428 e. The van der Waals surface area contributed by atoms with Crippen LogP contribution in [0.4, 0.5) is 8.78 Å². The second-order valence-corrected chi connectivity index (χ2v) is 6.12. The van der Waals surface area contributed by atoms with Crippen molar-refractivity contribution in [3.63, 3.8) is 0 Å². The fraction of sp³-hybridized carbons (Fsp3) is 0.462. The molecule has 0 N–H and O–H groups in total.